The molecule has 3 aromatic heterocycles. The Kier molecular flexibility index (Phi) is 6.42. The first-order chi connectivity index (χ1) is 24.8. The molecule has 0 aliphatic rings. The summed E-state index contributed by atoms with van der Waals surface area (Å²) < 4.78 is 8.82. The van der Waals surface area contributed by atoms with Crippen molar-refractivity contribution in [2.24, 2.45) is 0 Å². The molecule has 0 bridgehead atoms. The third kappa shape index (κ3) is 4.60. The number of hydrogen-bond donors (Lipinski definition) is 0. The van der Waals surface area contributed by atoms with Gasteiger partial charge >= 0.3 is 0 Å². The molecule has 10 aromatic rings. The van der Waals surface area contributed by atoms with E-state index in [0.717, 1.165) is 61.0 Å². The molecule has 10 rings (SSSR count). The van der Waals surface area contributed by atoms with Crippen LogP contribution in [0.2, 0.25) is 0 Å². The van der Waals surface area contributed by atoms with Gasteiger partial charge in [0.25, 0.3) is 0 Å². The van der Waals surface area contributed by atoms with E-state index < -0.39 is 0 Å². The molecular weight excluding hydrogens is 613 g/mol. The molecule has 3 heterocycles. The number of benzene rings is 7. The van der Waals surface area contributed by atoms with Gasteiger partial charge in [-0.15, -0.1) is 0 Å². The van der Waals surface area contributed by atoms with Crippen molar-refractivity contribution >= 4 is 43.7 Å². The summed E-state index contributed by atoms with van der Waals surface area (Å²) in [5.41, 5.74) is 10.1. The lowest BCUT2D eigenvalue weighted by atomic mass is 9.97. The molecule has 0 saturated carbocycles. The molecule has 5 heteroatoms. The standard InChI is InChI=1S/C45H28N4O/c1-4-13-29(14-5-1)43-46-44(30-15-6-2-7-16-30)48-45(47-43)32-24-26-40-37(27-32)42-34(20-12-22-41(42)50-40)31-23-25-36-35-19-10-11-21-38(35)49(39(36)28-31)33-17-8-3-9-18-33/h1-28H. The molecule has 234 valence electrons. The van der Waals surface area contributed by atoms with E-state index in [0.29, 0.717) is 17.5 Å². The fourth-order valence-corrected chi connectivity index (χ4v) is 7.14. The van der Waals surface area contributed by atoms with E-state index in [-0.39, 0.29) is 0 Å². The van der Waals surface area contributed by atoms with Crippen LogP contribution in [0.15, 0.2) is 174 Å². The summed E-state index contributed by atoms with van der Waals surface area (Å²) >= 11 is 0. The van der Waals surface area contributed by atoms with Gasteiger partial charge < -0.3 is 8.98 Å². The topological polar surface area (TPSA) is 56.7 Å². The van der Waals surface area contributed by atoms with Crippen LogP contribution in [0.5, 0.6) is 0 Å². The van der Waals surface area contributed by atoms with Crippen LogP contribution in [0, 0.1) is 0 Å². The van der Waals surface area contributed by atoms with Gasteiger partial charge in [-0.2, -0.15) is 0 Å². The van der Waals surface area contributed by atoms with Crippen molar-refractivity contribution in [3.05, 3.63) is 170 Å². The summed E-state index contributed by atoms with van der Waals surface area (Å²) in [5.74, 6) is 1.88. The van der Waals surface area contributed by atoms with E-state index in [4.69, 9.17) is 19.4 Å². The molecule has 0 saturated heterocycles. The number of para-hydroxylation sites is 2. The quantitative estimate of drug-likeness (QED) is 0.188. The summed E-state index contributed by atoms with van der Waals surface area (Å²) in [6.45, 7) is 0. The van der Waals surface area contributed by atoms with Crippen molar-refractivity contribution < 1.29 is 4.42 Å². The number of fused-ring (bicyclic) bond motifs is 6. The average Bonchev–Trinajstić information content (AvgIpc) is 3.74. The smallest absolute Gasteiger partial charge is 0.164 e. The van der Waals surface area contributed by atoms with Gasteiger partial charge in [-0.05, 0) is 59.7 Å². The molecule has 0 atom stereocenters. The Labute approximate surface area is 287 Å². The third-order valence-electron chi connectivity index (χ3n) is 9.45. The number of aromatic nitrogens is 4. The van der Waals surface area contributed by atoms with Gasteiger partial charge in [0, 0.05) is 43.9 Å². The van der Waals surface area contributed by atoms with Gasteiger partial charge in [0.05, 0.1) is 11.0 Å². The summed E-state index contributed by atoms with van der Waals surface area (Å²) in [6.07, 6.45) is 0. The zero-order valence-corrected chi connectivity index (χ0v) is 26.9. The second kappa shape index (κ2) is 11.4. The van der Waals surface area contributed by atoms with E-state index in [1.807, 2.05) is 78.9 Å². The summed E-state index contributed by atoms with van der Waals surface area (Å²) in [5, 5.41) is 4.53. The predicted octanol–water partition coefficient (Wildman–Crippen LogP) is 11.5. The van der Waals surface area contributed by atoms with Gasteiger partial charge in [0.2, 0.25) is 0 Å². The molecule has 0 amide bonds. The molecule has 0 radical (unpaired) electrons. The maximum absolute atomic E-state index is 6.46. The normalized spacial score (nSPS) is 11.6. The van der Waals surface area contributed by atoms with Crippen molar-refractivity contribution in [1.82, 2.24) is 19.5 Å². The number of hydrogen-bond acceptors (Lipinski definition) is 4. The lowest BCUT2D eigenvalue weighted by Gasteiger charge is -2.10. The molecule has 0 N–H and O–H groups in total. The molecule has 50 heavy (non-hydrogen) atoms. The van der Waals surface area contributed by atoms with Crippen LogP contribution in [0.1, 0.15) is 0 Å². The first kappa shape index (κ1) is 28.2. The number of furan rings is 1. The van der Waals surface area contributed by atoms with Crippen LogP contribution in [0.25, 0.3) is 94.7 Å². The Bertz CT molecular complexity index is 2800. The maximum Gasteiger partial charge on any atom is 0.164 e. The predicted molar refractivity (Wildman–Crippen MR) is 203 cm³/mol. The Morgan fingerprint density at radius 3 is 1.70 bits per heavy atom. The Balaban J connectivity index is 1.18. The zero-order chi connectivity index (χ0) is 33.0. The third-order valence-corrected chi connectivity index (χ3v) is 9.45. The first-order valence-corrected chi connectivity index (χ1v) is 16.7. The second-order valence-corrected chi connectivity index (χ2v) is 12.5. The molecule has 7 aromatic carbocycles. The van der Waals surface area contributed by atoms with Crippen LogP contribution in [0.4, 0.5) is 0 Å². The molecule has 0 unspecified atom stereocenters. The van der Waals surface area contributed by atoms with E-state index in [1.165, 1.54) is 16.3 Å². The molecular formula is C45H28N4O. The summed E-state index contributed by atoms with van der Waals surface area (Å²) in [6, 6.07) is 58.6. The Morgan fingerprint density at radius 1 is 0.380 bits per heavy atom. The molecule has 0 aliphatic carbocycles. The van der Waals surface area contributed by atoms with E-state index in [2.05, 4.69) is 95.6 Å². The van der Waals surface area contributed by atoms with Crippen molar-refractivity contribution in [1.29, 1.82) is 0 Å². The number of nitrogens with zero attached hydrogens (tertiary/aromatic N) is 4. The van der Waals surface area contributed by atoms with Gasteiger partial charge in [-0.25, -0.2) is 15.0 Å². The minimum atomic E-state index is 0.611. The maximum atomic E-state index is 6.46. The highest BCUT2D eigenvalue weighted by Crippen LogP contribution is 2.41. The first-order valence-electron chi connectivity index (χ1n) is 16.7. The minimum absolute atomic E-state index is 0.611. The largest absolute Gasteiger partial charge is 0.456 e. The minimum Gasteiger partial charge on any atom is -0.456 e. The molecule has 5 nitrogen and oxygen atoms in total. The fourth-order valence-electron chi connectivity index (χ4n) is 7.14. The monoisotopic (exact) mass is 640 g/mol. The van der Waals surface area contributed by atoms with Crippen molar-refractivity contribution in [2.75, 3.05) is 0 Å². The van der Waals surface area contributed by atoms with Gasteiger partial charge in [0.15, 0.2) is 17.5 Å². The SMILES string of the molecule is c1ccc(-c2nc(-c3ccccc3)nc(-c3ccc4oc5cccc(-c6ccc7c8ccccc8n(-c8ccccc8)c7c6)c5c4c3)n2)cc1. The average molecular weight is 641 g/mol. The Morgan fingerprint density at radius 2 is 0.980 bits per heavy atom. The van der Waals surface area contributed by atoms with E-state index in [9.17, 15) is 0 Å². The van der Waals surface area contributed by atoms with Crippen LogP contribution in [0.3, 0.4) is 0 Å². The van der Waals surface area contributed by atoms with Gasteiger partial charge in [-0.1, -0.05) is 121 Å². The molecule has 0 aliphatic heterocycles. The molecule has 0 spiro atoms. The fraction of sp³-hybridized carbons (Fsp3) is 0. The van der Waals surface area contributed by atoms with E-state index in [1.54, 1.807) is 0 Å². The van der Waals surface area contributed by atoms with Gasteiger partial charge in [-0.3, -0.25) is 0 Å². The lowest BCUT2D eigenvalue weighted by Crippen LogP contribution is -2.00. The second-order valence-electron chi connectivity index (χ2n) is 12.5. The highest BCUT2D eigenvalue weighted by molar-refractivity contribution is 6.15. The van der Waals surface area contributed by atoms with Crippen LogP contribution in [-0.4, -0.2) is 19.5 Å². The van der Waals surface area contributed by atoms with Crippen LogP contribution < -0.4 is 0 Å². The summed E-state index contributed by atoms with van der Waals surface area (Å²) in [4.78, 5) is 14.9. The van der Waals surface area contributed by atoms with Gasteiger partial charge in [0.1, 0.15) is 11.2 Å². The van der Waals surface area contributed by atoms with Crippen molar-refractivity contribution in [2.45, 2.75) is 0 Å². The number of rotatable bonds is 5. The van der Waals surface area contributed by atoms with Crippen LogP contribution >= 0.6 is 0 Å². The van der Waals surface area contributed by atoms with E-state index >= 15 is 0 Å². The highest BCUT2D eigenvalue weighted by Gasteiger charge is 2.18. The van der Waals surface area contributed by atoms with Crippen LogP contribution in [-0.2, 0) is 0 Å². The van der Waals surface area contributed by atoms with Crippen molar-refractivity contribution in [3.63, 3.8) is 0 Å². The Hall–Kier alpha value is -6.85. The highest BCUT2D eigenvalue weighted by atomic mass is 16.3. The molecule has 0 fully saturated rings. The lowest BCUT2D eigenvalue weighted by molar-refractivity contribution is 0.669. The summed E-state index contributed by atoms with van der Waals surface area (Å²) in [7, 11) is 0. The van der Waals surface area contributed by atoms with Crippen molar-refractivity contribution in [3.8, 4) is 51.0 Å². The zero-order valence-electron chi connectivity index (χ0n) is 26.9.